The fraction of sp³-hybridized carbons (Fsp3) is 0.235. The quantitative estimate of drug-likeness (QED) is 0.904. The minimum absolute atomic E-state index is 0.0596. The van der Waals surface area contributed by atoms with Gasteiger partial charge in [-0.2, -0.15) is 0 Å². The first kappa shape index (κ1) is 13.6. The lowest BCUT2D eigenvalue weighted by atomic mass is 10.1. The number of ether oxygens (including phenoxy) is 1. The molecule has 1 amide bonds. The number of benzene rings is 2. The highest BCUT2D eigenvalue weighted by molar-refractivity contribution is 5.94. The Labute approximate surface area is 124 Å². The normalized spacial score (nSPS) is 12.8. The first-order valence-electron chi connectivity index (χ1n) is 7.00. The first-order chi connectivity index (χ1) is 10.3. The molecule has 0 spiro atoms. The van der Waals surface area contributed by atoms with Crippen LogP contribution in [0.15, 0.2) is 42.5 Å². The summed E-state index contributed by atoms with van der Waals surface area (Å²) in [6, 6.07) is 13.6. The molecule has 0 saturated heterocycles. The molecular weight excluding hydrogens is 264 g/mol. The lowest BCUT2D eigenvalue weighted by Crippen LogP contribution is -2.23. The van der Waals surface area contributed by atoms with Crippen LogP contribution in [0.2, 0.25) is 0 Å². The van der Waals surface area contributed by atoms with Crippen molar-refractivity contribution in [2.45, 2.75) is 19.6 Å². The van der Waals surface area contributed by atoms with Crippen LogP contribution in [0.4, 0.5) is 0 Å². The van der Waals surface area contributed by atoms with Crippen LogP contribution in [0, 0.1) is 0 Å². The van der Waals surface area contributed by atoms with Gasteiger partial charge < -0.3 is 15.4 Å². The van der Waals surface area contributed by atoms with E-state index in [1.165, 1.54) is 11.1 Å². The van der Waals surface area contributed by atoms with Gasteiger partial charge in [0.15, 0.2) is 0 Å². The molecule has 2 N–H and O–H groups in total. The Hall–Kier alpha value is -2.33. The standard InChI is InChI=1S/C17H18N2O2/c1-21-16-5-3-2-4-14(16)11-19-17(20)12-6-7-13-9-18-10-15(13)8-12/h2-8,18H,9-11H2,1H3,(H,19,20). The van der Waals surface area contributed by atoms with Gasteiger partial charge in [-0.15, -0.1) is 0 Å². The van der Waals surface area contributed by atoms with E-state index in [0.29, 0.717) is 12.1 Å². The van der Waals surface area contributed by atoms with Crippen LogP contribution in [0.25, 0.3) is 0 Å². The van der Waals surface area contributed by atoms with E-state index < -0.39 is 0 Å². The molecule has 1 heterocycles. The highest BCUT2D eigenvalue weighted by atomic mass is 16.5. The molecule has 0 radical (unpaired) electrons. The number of carbonyl (C=O) groups excluding carboxylic acids is 1. The second-order valence-electron chi connectivity index (χ2n) is 5.08. The maximum Gasteiger partial charge on any atom is 0.251 e. The number of nitrogens with one attached hydrogen (secondary N) is 2. The zero-order valence-electron chi connectivity index (χ0n) is 12.0. The summed E-state index contributed by atoms with van der Waals surface area (Å²) in [5, 5.41) is 6.22. The summed E-state index contributed by atoms with van der Waals surface area (Å²) in [4.78, 5) is 12.2. The van der Waals surface area contributed by atoms with E-state index >= 15 is 0 Å². The van der Waals surface area contributed by atoms with Crippen LogP contribution in [0.3, 0.4) is 0 Å². The SMILES string of the molecule is COc1ccccc1CNC(=O)c1ccc2c(c1)CNC2. The first-order valence-corrected chi connectivity index (χ1v) is 7.00. The van der Waals surface area contributed by atoms with Crippen molar-refractivity contribution in [2.24, 2.45) is 0 Å². The Morgan fingerprint density at radius 1 is 1.19 bits per heavy atom. The van der Waals surface area contributed by atoms with Gasteiger partial charge >= 0.3 is 0 Å². The molecule has 0 unspecified atom stereocenters. The van der Waals surface area contributed by atoms with Gasteiger partial charge in [0.1, 0.15) is 5.75 Å². The number of carbonyl (C=O) groups is 1. The third-order valence-electron chi connectivity index (χ3n) is 3.73. The molecule has 4 heteroatoms. The van der Waals surface area contributed by atoms with E-state index in [0.717, 1.165) is 24.4 Å². The summed E-state index contributed by atoms with van der Waals surface area (Å²) in [5.74, 6) is 0.728. The highest BCUT2D eigenvalue weighted by Crippen LogP contribution is 2.18. The summed E-state index contributed by atoms with van der Waals surface area (Å²) in [7, 11) is 1.63. The zero-order valence-corrected chi connectivity index (χ0v) is 12.0. The van der Waals surface area contributed by atoms with Crippen molar-refractivity contribution in [3.8, 4) is 5.75 Å². The molecule has 2 aromatic carbocycles. The molecule has 2 aromatic rings. The molecule has 0 fully saturated rings. The molecule has 0 saturated carbocycles. The van der Waals surface area contributed by atoms with E-state index in [-0.39, 0.29) is 5.91 Å². The van der Waals surface area contributed by atoms with Crippen molar-refractivity contribution in [3.05, 3.63) is 64.7 Å². The maximum atomic E-state index is 12.2. The van der Waals surface area contributed by atoms with E-state index in [9.17, 15) is 4.79 Å². The van der Waals surface area contributed by atoms with E-state index in [1.807, 2.05) is 42.5 Å². The van der Waals surface area contributed by atoms with Gasteiger partial charge in [-0.3, -0.25) is 4.79 Å². The van der Waals surface area contributed by atoms with Crippen LogP contribution >= 0.6 is 0 Å². The number of para-hydroxylation sites is 1. The Balaban J connectivity index is 1.69. The molecule has 1 aliphatic rings. The van der Waals surface area contributed by atoms with E-state index in [4.69, 9.17) is 4.74 Å². The topological polar surface area (TPSA) is 50.4 Å². The molecule has 21 heavy (non-hydrogen) atoms. The maximum absolute atomic E-state index is 12.2. The molecule has 1 aliphatic heterocycles. The average Bonchev–Trinajstić information content (AvgIpc) is 3.00. The highest BCUT2D eigenvalue weighted by Gasteiger charge is 2.13. The lowest BCUT2D eigenvalue weighted by Gasteiger charge is -2.10. The van der Waals surface area contributed by atoms with Crippen LogP contribution in [0.5, 0.6) is 5.75 Å². The molecule has 0 atom stereocenters. The summed E-state index contributed by atoms with van der Waals surface area (Å²) in [6.07, 6.45) is 0. The van der Waals surface area contributed by atoms with Crippen molar-refractivity contribution in [1.82, 2.24) is 10.6 Å². The fourth-order valence-electron chi connectivity index (χ4n) is 2.56. The predicted octanol–water partition coefficient (Wildman–Crippen LogP) is 2.23. The number of hydrogen-bond acceptors (Lipinski definition) is 3. The number of rotatable bonds is 4. The van der Waals surface area contributed by atoms with Crippen molar-refractivity contribution in [1.29, 1.82) is 0 Å². The summed E-state index contributed by atoms with van der Waals surface area (Å²) < 4.78 is 5.28. The largest absolute Gasteiger partial charge is 0.496 e. The summed E-state index contributed by atoms with van der Waals surface area (Å²) >= 11 is 0. The molecule has 0 bridgehead atoms. The van der Waals surface area contributed by atoms with Crippen molar-refractivity contribution in [3.63, 3.8) is 0 Å². The van der Waals surface area contributed by atoms with Crippen molar-refractivity contribution >= 4 is 5.91 Å². The fourth-order valence-corrected chi connectivity index (χ4v) is 2.56. The Morgan fingerprint density at radius 2 is 2.00 bits per heavy atom. The molecule has 108 valence electrons. The third kappa shape index (κ3) is 2.90. The minimum Gasteiger partial charge on any atom is -0.496 e. The Morgan fingerprint density at radius 3 is 2.86 bits per heavy atom. The van der Waals surface area contributed by atoms with Gasteiger partial charge in [-0.1, -0.05) is 24.3 Å². The third-order valence-corrected chi connectivity index (χ3v) is 3.73. The molecule has 4 nitrogen and oxygen atoms in total. The number of fused-ring (bicyclic) bond motifs is 1. The van der Waals surface area contributed by atoms with Gasteiger partial charge in [0.05, 0.1) is 7.11 Å². The monoisotopic (exact) mass is 282 g/mol. The number of methoxy groups -OCH3 is 1. The second-order valence-corrected chi connectivity index (χ2v) is 5.08. The van der Waals surface area contributed by atoms with Crippen molar-refractivity contribution < 1.29 is 9.53 Å². The minimum atomic E-state index is -0.0596. The molecular formula is C17H18N2O2. The lowest BCUT2D eigenvalue weighted by molar-refractivity contribution is 0.0950. The Bertz CT molecular complexity index is 668. The average molecular weight is 282 g/mol. The van der Waals surface area contributed by atoms with Crippen LogP contribution in [0.1, 0.15) is 27.0 Å². The van der Waals surface area contributed by atoms with Crippen molar-refractivity contribution in [2.75, 3.05) is 7.11 Å². The van der Waals surface area contributed by atoms with Gasteiger partial charge in [0.25, 0.3) is 5.91 Å². The van der Waals surface area contributed by atoms with Crippen LogP contribution in [-0.2, 0) is 19.6 Å². The summed E-state index contributed by atoms with van der Waals surface area (Å²) in [6.45, 7) is 2.18. The zero-order chi connectivity index (χ0) is 14.7. The van der Waals surface area contributed by atoms with Gasteiger partial charge in [-0.25, -0.2) is 0 Å². The van der Waals surface area contributed by atoms with Gasteiger partial charge in [0, 0.05) is 30.8 Å². The second kappa shape index (κ2) is 5.97. The molecule has 0 aliphatic carbocycles. The number of amides is 1. The van der Waals surface area contributed by atoms with Gasteiger partial charge in [-0.05, 0) is 29.3 Å². The van der Waals surface area contributed by atoms with E-state index in [1.54, 1.807) is 7.11 Å². The molecule has 0 aromatic heterocycles. The predicted molar refractivity (Wildman–Crippen MR) is 81.1 cm³/mol. The van der Waals surface area contributed by atoms with Crippen LogP contribution in [-0.4, -0.2) is 13.0 Å². The Kier molecular flexibility index (Phi) is 3.88. The number of hydrogen-bond donors (Lipinski definition) is 2. The van der Waals surface area contributed by atoms with Crippen LogP contribution < -0.4 is 15.4 Å². The smallest absolute Gasteiger partial charge is 0.251 e. The van der Waals surface area contributed by atoms with Gasteiger partial charge in [0.2, 0.25) is 0 Å². The summed E-state index contributed by atoms with van der Waals surface area (Å²) in [5.41, 5.74) is 4.15. The molecule has 3 rings (SSSR count). The van der Waals surface area contributed by atoms with E-state index in [2.05, 4.69) is 10.6 Å².